The first-order valence-electron chi connectivity index (χ1n) is 6.77. The summed E-state index contributed by atoms with van der Waals surface area (Å²) >= 11 is 0. The lowest BCUT2D eigenvalue weighted by atomic mass is 10.1. The number of carbonyl (C=O) groups is 3. The molecule has 2 N–H and O–H groups in total. The van der Waals surface area contributed by atoms with E-state index in [0.29, 0.717) is 11.4 Å². The fraction of sp³-hybridized carbons (Fsp3) is 0.400. The molecule has 2 atom stereocenters. The first kappa shape index (κ1) is 13.6. The molecule has 3 rings (SSSR count). The van der Waals surface area contributed by atoms with Gasteiger partial charge in [-0.1, -0.05) is 26.0 Å². The fourth-order valence-corrected chi connectivity index (χ4v) is 3.16. The van der Waals surface area contributed by atoms with Crippen molar-refractivity contribution in [2.24, 2.45) is 17.3 Å². The number of nitrogens with one attached hydrogen (secondary N) is 1. The van der Waals surface area contributed by atoms with Crippen molar-refractivity contribution < 1.29 is 19.5 Å². The molecule has 0 bridgehead atoms. The molecule has 1 heterocycles. The molecule has 1 aromatic carbocycles. The van der Waals surface area contributed by atoms with E-state index in [0.717, 1.165) is 0 Å². The van der Waals surface area contributed by atoms with E-state index in [2.05, 4.69) is 5.32 Å². The van der Waals surface area contributed by atoms with Crippen molar-refractivity contribution in [1.82, 2.24) is 0 Å². The number of carboxylic acid groups (broad SMARTS) is 1. The Morgan fingerprint density at radius 1 is 1.29 bits per heavy atom. The molecule has 6 nitrogen and oxygen atoms in total. The Balaban J connectivity index is 1.93. The lowest BCUT2D eigenvalue weighted by molar-refractivity contribution is -0.140. The molecular formula is C15H16N2O4. The lowest BCUT2D eigenvalue weighted by Crippen LogP contribution is -2.43. The van der Waals surface area contributed by atoms with Crippen molar-refractivity contribution in [3.8, 4) is 0 Å². The second-order valence-corrected chi connectivity index (χ2v) is 6.10. The van der Waals surface area contributed by atoms with Crippen molar-refractivity contribution in [3.05, 3.63) is 24.3 Å². The first-order chi connectivity index (χ1) is 9.84. The van der Waals surface area contributed by atoms with E-state index < -0.39 is 23.2 Å². The number of hydrogen-bond acceptors (Lipinski definition) is 3. The molecule has 0 aromatic heterocycles. The Hall–Kier alpha value is -2.37. The molecule has 2 amide bonds. The summed E-state index contributed by atoms with van der Waals surface area (Å²) in [6.07, 6.45) is 0. The maximum Gasteiger partial charge on any atom is 0.307 e. The van der Waals surface area contributed by atoms with E-state index in [1.54, 1.807) is 38.1 Å². The molecule has 0 radical (unpaired) electrons. The Morgan fingerprint density at radius 3 is 2.57 bits per heavy atom. The van der Waals surface area contributed by atoms with Gasteiger partial charge < -0.3 is 15.3 Å². The van der Waals surface area contributed by atoms with Crippen LogP contribution in [0.3, 0.4) is 0 Å². The minimum Gasteiger partial charge on any atom is -0.481 e. The van der Waals surface area contributed by atoms with Crippen molar-refractivity contribution >= 4 is 29.2 Å². The van der Waals surface area contributed by atoms with E-state index in [-0.39, 0.29) is 18.4 Å². The molecule has 1 aliphatic heterocycles. The third kappa shape index (κ3) is 1.98. The van der Waals surface area contributed by atoms with Gasteiger partial charge in [0.15, 0.2) is 0 Å². The third-order valence-corrected chi connectivity index (χ3v) is 4.40. The van der Waals surface area contributed by atoms with Crippen LogP contribution in [0.4, 0.5) is 11.4 Å². The first-order valence-corrected chi connectivity index (χ1v) is 6.77. The molecule has 0 saturated heterocycles. The molecule has 6 heteroatoms. The van der Waals surface area contributed by atoms with E-state index in [1.807, 2.05) is 0 Å². The maximum atomic E-state index is 12.7. The van der Waals surface area contributed by atoms with Gasteiger partial charge in [-0.3, -0.25) is 14.4 Å². The maximum absolute atomic E-state index is 12.7. The van der Waals surface area contributed by atoms with Gasteiger partial charge in [0.25, 0.3) is 0 Å². The molecule has 0 unspecified atom stereocenters. The molecular weight excluding hydrogens is 272 g/mol. The summed E-state index contributed by atoms with van der Waals surface area (Å²) in [5.74, 6) is -2.81. The van der Waals surface area contributed by atoms with Crippen molar-refractivity contribution in [1.29, 1.82) is 0 Å². The van der Waals surface area contributed by atoms with Crippen LogP contribution in [0.2, 0.25) is 0 Å². The molecule has 110 valence electrons. The van der Waals surface area contributed by atoms with Gasteiger partial charge in [0, 0.05) is 0 Å². The summed E-state index contributed by atoms with van der Waals surface area (Å²) in [7, 11) is 0. The highest BCUT2D eigenvalue weighted by Gasteiger charge is 2.66. The van der Waals surface area contributed by atoms with Crippen LogP contribution in [0, 0.1) is 17.3 Å². The largest absolute Gasteiger partial charge is 0.481 e. The Kier molecular flexibility index (Phi) is 2.79. The highest BCUT2D eigenvalue weighted by molar-refractivity contribution is 6.12. The molecule has 1 aliphatic carbocycles. The molecule has 1 aromatic rings. The Bertz CT molecular complexity index is 653. The quantitative estimate of drug-likeness (QED) is 0.859. The van der Waals surface area contributed by atoms with Crippen LogP contribution in [0.15, 0.2) is 24.3 Å². The molecule has 0 spiro atoms. The minimum absolute atomic E-state index is 0.0746. The van der Waals surface area contributed by atoms with Gasteiger partial charge in [0.05, 0.1) is 23.2 Å². The number of carbonyl (C=O) groups excluding carboxylic acids is 2. The summed E-state index contributed by atoms with van der Waals surface area (Å²) in [4.78, 5) is 37.0. The third-order valence-electron chi connectivity index (χ3n) is 4.40. The zero-order valence-corrected chi connectivity index (χ0v) is 11.8. The average Bonchev–Trinajstić information content (AvgIpc) is 3.00. The van der Waals surface area contributed by atoms with E-state index in [4.69, 9.17) is 0 Å². The molecule has 1 saturated carbocycles. The Morgan fingerprint density at radius 2 is 1.95 bits per heavy atom. The number of amides is 2. The zero-order valence-electron chi connectivity index (χ0n) is 11.8. The molecule has 21 heavy (non-hydrogen) atoms. The number of anilines is 2. The number of aliphatic carboxylic acids is 1. The smallest absolute Gasteiger partial charge is 0.307 e. The summed E-state index contributed by atoms with van der Waals surface area (Å²) in [5.41, 5.74) is 0.618. The van der Waals surface area contributed by atoms with Crippen LogP contribution in [-0.2, 0) is 14.4 Å². The minimum atomic E-state index is -0.965. The summed E-state index contributed by atoms with van der Waals surface area (Å²) in [6.45, 7) is 3.46. The Labute approximate surface area is 121 Å². The number of nitrogens with zero attached hydrogens (tertiary/aromatic N) is 1. The average molecular weight is 288 g/mol. The van der Waals surface area contributed by atoms with Crippen molar-refractivity contribution in [2.45, 2.75) is 13.8 Å². The van der Waals surface area contributed by atoms with E-state index >= 15 is 0 Å². The van der Waals surface area contributed by atoms with E-state index in [9.17, 15) is 19.5 Å². The number of rotatable bonds is 2. The summed E-state index contributed by atoms with van der Waals surface area (Å²) < 4.78 is 0. The van der Waals surface area contributed by atoms with Gasteiger partial charge in [-0.25, -0.2) is 0 Å². The highest BCUT2D eigenvalue weighted by atomic mass is 16.4. The van der Waals surface area contributed by atoms with Gasteiger partial charge >= 0.3 is 5.97 Å². The predicted molar refractivity (Wildman–Crippen MR) is 75.8 cm³/mol. The number of carboxylic acids is 1. The second-order valence-electron chi connectivity index (χ2n) is 6.10. The van der Waals surface area contributed by atoms with Gasteiger partial charge in [0.2, 0.25) is 11.8 Å². The van der Waals surface area contributed by atoms with Crippen LogP contribution in [0.1, 0.15) is 13.8 Å². The normalized spacial score (nSPS) is 25.8. The summed E-state index contributed by atoms with van der Waals surface area (Å²) in [6, 6.07) is 7.02. The standard InChI is InChI=1S/C15H16N2O4/c1-15(2)11(12(15)14(20)21)13(19)17-7-10(18)16-8-5-3-4-6-9(8)17/h3-6,11-12H,7H2,1-2H3,(H,16,18)(H,20,21)/t11-,12+/m1/s1. The van der Waals surface area contributed by atoms with Crippen LogP contribution in [0.5, 0.6) is 0 Å². The van der Waals surface area contributed by atoms with Crippen molar-refractivity contribution in [3.63, 3.8) is 0 Å². The topological polar surface area (TPSA) is 86.7 Å². The summed E-state index contributed by atoms with van der Waals surface area (Å²) in [5, 5.41) is 11.9. The van der Waals surface area contributed by atoms with Gasteiger partial charge in [-0.05, 0) is 17.5 Å². The highest BCUT2D eigenvalue weighted by Crippen LogP contribution is 2.59. The van der Waals surface area contributed by atoms with E-state index in [1.165, 1.54) is 4.90 Å². The second kappa shape index (κ2) is 4.31. The number of benzene rings is 1. The molecule has 1 fully saturated rings. The van der Waals surface area contributed by atoms with Gasteiger partial charge in [-0.15, -0.1) is 0 Å². The van der Waals surface area contributed by atoms with Crippen LogP contribution in [0.25, 0.3) is 0 Å². The SMILES string of the molecule is CC1(C)[C@H](C(=O)O)[C@@H]1C(=O)N1CC(=O)Nc2ccccc21. The van der Waals surface area contributed by atoms with Crippen LogP contribution in [-0.4, -0.2) is 29.4 Å². The monoisotopic (exact) mass is 288 g/mol. The molecule has 2 aliphatic rings. The number of hydrogen-bond donors (Lipinski definition) is 2. The number of fused-ring (bicyclic) bond motifs is 1. The lowest BCUT2D eigenvalue weighted by Gasteiger charge is -2.29. The van der Waals surface area contributed by atoms with Crippen LogP contribution < -0.4 is 10.2 Å². The van der Waals surface area contributed by atoms with Gasteiger partial charge in [0.1, 0.15) is 6.54 Å². The van der Waals surface area contributed by atoms with Crippen molar-refractivity contribution in [2.75, 3.05) is 16.8 Å². The van der Waals surface area contributed by atoms with Crippen LogP contribution >= 0.6 is 0 Å². The van der Waals surface area contributed by atoms with Gasteiger partial charge in [-0.2, -0.15) is 0 Å². The number of para-hydroxylation sites is 2. The zero-order chi connectivity index (χ0) is 15.4. The fourth-order valence-electron chi connectivity index (χ4n) is 3.16. The predicted octanol–water partition coefficient (Wildman–Crippen LogP) is 1.33.